The van der Waals surface area contributed by atoms with E-state index in [-0.39, 0.29) is 12.5 Å². The highest BCUT2D eigenvalue weighted by Crippen LogP contribution is 2.24. The third-order valence-electron chi connectivity index (χ3n) is 2.81. The van der Waals surface area contributed by atoms with Gasteiger partial charge in [-0.3, -0.25) is 4.79 Å². The van der Waals surface area contributed by atoms with E-state index in [4.69, 9.17) is 11.6 Å². The van der Waals surface area contributed by atoms with Gasteiger partial charge in [-0.05, 0) is 40.8 Å². The minimum Gasteiger partial charge on any atom is -0.323 e. The molecule has 0 aliphatic carbocycles. The lowest BCUT2D eigenvalue weighted by Gasteiger charge is -2.12. The Balaban J connectivity index is 1.83. The lowest BCUT2D eigenvalue weighted by molar-refractivity contribution is -0.116. The van der Waals surface area contributed by atoms with Gasteiger partial charge in [0.1, 0.15) is 12.9 Å². The molecule has 7 nitrogen and oxygen atoms in total. The van der Waals surface area contributed by atoms with Gasteiger partial charge in [0.05, 0.1) is 11.4 Å². The average molecular weight is 303 g/mol. The number of halogens is 1. The van der Waals surface area contributed by atoms with Crippen molar-refractivity contribution >= 4 is 23.2 Å². The first-order chi connectivity index (χ1) is 10.2. The van der Waals surface area contributed by atoms with Gasteiger partial charge in [-0.1, -0.05) is 11.6 Å². The molecule has 0 aliphatic heterocycles. The summed E-state index contributed by atoms with van der Waals surface area (Å²) in [6.45, 7) is 0.0424. The number of nitrogens with one attached hydrogen (secondary N) is 1. The number of rotatable bonds is 4. The zero-order valence-corrected chi connectivity index (χ0v) is 11.6. The van der Waals surface area contributed by atoms with E-state index in [1.807, 2.05) is 29.1 Å². The van der Waals surface area contributed by atoms with Crippen molar-refractivity contribution in [2.75, 3.05) is 5.32 Å². The maximum absolute atomic E-state index is 12.0. The van der Waals surface area contributed by atoms with Crippen molar-refractivity contribution in [3.63, 3.8) is 0 Å². The topological polar surface area (TPSA) is 77.6 Å². The summed E-state index contributed by atoms with van der Waals surface area (Å²) in [5.74, 6) is -0.224. The van der Waals surface area contributed by atoms with Crippen LogP contribution in [0, 0.1) is 0 Å². The predicted molar refractivity (Wildman–Crippen MR) is 77.2 cm³/mol. The second-order valence-electron chi connectivity index (χ2n) is 4.31. The number of benzene rings is 1. The van der Waals surface area contributed by atoms with E-state index in [1.165, 1.54) is 11.0 Å². The van der Waals surface area contributed by atoms with Gasteiger partial charge in [-0.25, -0.2) is 4.68 Å². The largest absolute Gasteiger partial charge is 0.323 e. The lowest BCUT2D eigenvalue weighted by Crippen LogP contribution is -2.20. The van der Waals surface area contributed by atoms with E-state index in [0.717, 1.165) is 5.69 Å². The molecule has 106 valence electrons. The Kier molecular flexibility index (Phi) is 3.65. The van der Waals surface area contributed by atoms with Gasteiger partial charge in [0, 0.05) is 17.4 Å². The third kappa shape index (κ3) is 3.09. The molecule has 0 saturated heterocycles. The number of nitrogens with zero attached hydrogens (tertiary/aromatic N) is 5. The molecule has 0 radical (unpaired) electrons. The molecule has 1 amide bonds. The van der Waals surface area contributed by atoms with Gasteiger partial charge >= 0.3 is 0 Å². The Bertz CT molecular complexity index is 738. The monoisotopic (exact) mass is 302 g/mol. The summed E-state index contributed by atoms with van der Waals surface area (Å²) in [6, 6.07) is 9.06. The Morgan fingerprint density at radius 2 is 2.10 bits per heavy atom. The molecule has 21 heavy (non-hydrogen) atoms. The van der Waals surface area contributed by atoms with Crippen LogP contribution in [-0.4, -0.2) is 30.7 Å². The molecular formula is C13H11ClN6O. The van der Waals surface area contributed by atoms with Crippen molar-refractivity contribution in [3.05, 3.63) is 54.1 Å². The van der Waals surface area contributed by atoms with Crippen molar-refractivity contribution in [3.8, 4) is 5.69 Å². The molecule has 0 saturated carbocycles. The van der Waals surface area contributed by atoms with E-state index < -0.39 is 0 Å². The first-order valence-corrected chi connectivity index (χ1v) is 6.54. The molecule has 3 rings (SSSR count). The van der Waals surface area contributed by atoms with Crippen LogP contribution in [0.5, 0.6) is 0 Å². The van der Waals surface area contributed by atoms with Gasteiger partial charge in [0.25, 0.3) is 0 Å². The highest BCUT2D eigenvalue weighted by atomic mass is 35.5. The van der Waals surface area contributed by atoms with Crippen molar-refractivity contribution < 1.29 is 4.79 Å². The smallest absolute Gasteiger partial charge is 0.246 e. The van der Waals surface area contributed by atoms with Crippen LogP contribution in [0.15, 0.2) is 49.1 Å². The lowest BCUT2D eigenvalue weighted by atomic mass is 10.2. The minimum atomic E-state index is -0.224. The number of carbonyl (C=O) groups is 1. The van der Waals surface area contributed by atoms with Gasteiger partial charge < -0.3 is 9.88 Å². The van der Waals surface area contributed by atoms with Gasteiger partial charge in [-0.15, -0.1) is 5.10 Å². The summed E-state index contributed by atoms with van der Waals surface area (Å²) in [7, 11) is 0. The first kappa shape index (κ1) is 13.3. The molecule has 0 spiro atoms. The van der Waals surface area contributed by atoms with Gasteiger partial charge in [0.15, 0.2) is 0 Å². The zero-order valence-electron chi connectivity index (χ0n) is 10.8. The van der Waals surface area contributed by atoms with Crippen LogP contribution in [-0.2, 0) is 11.3 Å². The molecule has 0 fully saturated rings. The second kappa shape index (κ2) is 5.76. The average Bonchev–Trinajstić information content (AvgIpc) is 3.13. The second-order valence-corrected chi connectivity index (χ2v) is 4.74. The summed E-state index contributed by atoms with van der Waals surface area (Å²) in [5.41, 5.74) is 1.45. The Labute approximate surface area is 125 Å². The third-order valence-corrected chi connectivity index (χ3v) is 3.05. The number of hydrogen-bond acceptors (Lipinski definition) is 4. The Hall–Kier alpha value is -2.67. The summed E-state index contributed by atoms with van der Waals surface area (Å²) < 4.78 is 3.22. The molecule has 8 heteroatoms. The highest BCUT2D eigenvalue weighted by Gasteiger charge is 2.10. The quantitative estimate of drug-likeness (QED) is 0.796. The van der Waals surface area contributed by atoms with Crippen LogP contribution < -0.4 is 5.32 Å². The zero-order chi connectivity index (χ0) is 14.7. The van der Waals surface area contributed by atoms with Gasteiger partial charge in [-0.2, -0.15) is 0 Å². The van der Waals surface area contributed by atoms with Crippen LogP contribution >= 0.6 is 11.6 Å². The number of anilines is 1. The fraction of sp³-hybridized carbons (Fsp3) is 0.0769. The predicted octanol–water partition coefficient (Wildman–Crippen LogP) is 1.76. The molecule has 3 aromatic rings. The molecular weight excluding hydrogens is 292 g/mol. The minimum absolute atomic E-state index is 0.0424. The molecule has 0 bridgehead atoms. The van der Waals surface area contributed by atoms with Crippen LogP contribution in [0.4, 0.5) is 5.69 Å². The van der Waals surface area contributed by atoms with E-state index in [9.17, 15) is 4.79 Å². The SMILES string of the molecule is O=C(Cn1cnnn1)Nc1ccc(Cl)cc1-n1cccc1. The molecule has 2 heterocycles. The summed E-state index contributed by atoms with van der Waals surface area (Å²) >= 11 is 6.03. The molecule has 1 N–H and O–H groups in total. The number of tetrazole rings is 1. The summed E-state index contributed by atoms with van der Waals surface area (Å²) in [5, 5.41) is 14.0. The number of amides is 1. The standard InChI is InChI=1S/C13H11ClN6O/c14-10-3-4-11(12(7-10)19-5-1-2-6-19)16-13(21)8-20-9-15-17-18-20/h1-7,9H,8H2,(H,16,21). The van der Waals surface area contributed by atoms with Crippen LogP contribution in [0.2, 0.25) is 5.02 Å². The fourth-order valence-corrected chi connectivity index (χ4v) is 2.08. The molecule has 0 atom stereocenters. The Morgan fingerprint density at radius 3 is 2.81 bits per heavy atom. The normalized spacial score (nSPS) is 10.5. The fourth-order valence-electron chi connectivity index (χ4n) is 1.91. The first-order valence-electron chi connectivity index (χ1n) is 6.16. The van der Waals surface area contributed by atoms with Crippen molar-refractivity contribution in [1.29, 1.82) is 0 Å². The van der Waals surface area contributed by atoms with Crippen LogP contribution in [0.25, 0.3) is 5.69 Å². The number of hydrogen-bond donors (Lipinski definition) is 1. The molecule has 2 aromatic heterocycles. The van der Waals surface area contributed by atoms with Gasteiger partial charge in [0.2, 0.25) is 5.91 Å². The Morgan fingerprint density at radius 1 is 1.29 bits per heavy atom. The van der Waals surface area contributed by atoms with Crippen molar-refractivity contribution in [2.45, 2.75) is 6.54 Å². The highest BCUT2D eigenvalue weighted by molar-refractivity contribution is 6.30. The maximum Gasteiger partial charge on any atom is 0.246 e. The van der Waals surface area contributed by atoms with Crippen LogP contribution in [0.3, 0.4) is 0 Å². The molecule has 1 aromatic carbocycles. The van der Waals surface area contributed by atoms with E-state index in [2.05, 4.69) is 20.8 Å². The van der Waals surface area contributed by atoms with Crippen molar-refractivity contribution in [2.24, 2.45) is 0 Å². The maximum atomic E-state index is 12.0. The number of carbonyl (C=O) groups excluding carboxylic acids is 1. The van der Waals surface area contributed by atoms with Crippen LogP contribution in [0.1, 0.15) is 0 Å². The molecule has 0 unspecified atom stereocenters. The van der Waals surface area contributed by atoms with E-state index >= 15 is 0 Å². The molecule has 0 aliphatic rings. The summed E-state index contributed by atoms with van der Waals surface area (Å²) in [4.78, 5) is 12.0. The van der Waals surface area contributed by atoms with E-state index in [0.29, 0.717) is 10.7 Å². The van der Waals surface area contributed by atoms with Crippen molar-refractivity contribution in [1.82, 2.24) is 24.8 Å². The number of aromatic nitrogens is 5. The summed E-state index contributed by atoms with van der Waals surface area (Å²) in [6.07, 6.45) is 5.14. The van der Waals surface area contributed by atoms with E-state index in [1.54, 1.807) is 18.2 Å².